The lowest BCUT2D eigenvalue weighted by Gasteiger charge is -2.32. The minimum atomic E-state index is 0.341. The summed E-state index contributed by atoms with van der Waals surface area (Å²) in [6.45, 7) is 5.37. The average Bonchev–Trinajstić information content (AvgIpc) is 2.39. The maximum absolute atomic E-state index is 12.0. The van der Waals surface area contributed by atoms with Crippen molar-refractivity contribution in [2.24, 2.45) is 0 Å². The van der Waals surface area contributed by atoms with Crippen molar-refractivity contribution >= 4 is 5.78 Å². The molecule has 1 heterocycles. The lowest BCUT2D eigenvalue weighted by Crippen LogP contribution is -2.45. The van der Waals surface area contributed by atoms with E-state index in [1.807, 2.05) is 12.2 Å². The van der Waals surface area contributed by atoms with Crippen LogP contribution in [0, 0.1) is 0 Å². The number of rotatable bonds is 4. The summed E-state index contributed by atoms with van der Waals surface area (Å²) in [5.74, 6) is 0.341. The Kier molecular flexibility index (Phi) is 4.51. The molecule has 0 aromatic rings. The highest BCUT2D eigenvalue weighted by atomic mass is 16.1. The van der Waals surface area contributed by atoms with Gasteiger partial charge in [0.15, 0.2) is 5.78 Å². The molecule has 0 aromatic carbocycles. The second-order valence-corrected chi connectivity index (χ2v) is 4.98. The minimum Gasteiger partial charge on any atom is -0.304 e. The number of hydrogen-bond acceptors (Lipinski definition) is 3. The molecule has 94 valence electrons. The third-order valence-corrected chi connectivity index (χ3v) is 3.62. The summed E-state index contributed by atoms with van der Waals surface area (Å²) in [5.41, 5.74) is 1.02. The normalized spacial score (nSPS) is 22.5. The van der Waals surface area contributed by atoms with Crippen molar-refractivity contribution in [2.45, 2.75) is 19.3 Å². The predicted octanol–water partition coefficient (Wildman–Crippen LogP) is 1.47. The van der Waals surface area contributed by atoms with Crippen molar-refractivity contribution in [3.05, 3.63) is 23.8 Å². The Morgan fingerprint density at radius 1 is 1.29 bits per heavy atom. The summed E-state index contributed by atoms with van der Waals surface area (Å²) in [6, 6.07) is 0. The number of piperazine rings is 1. The number of allylic oxidation sites excluding steroid dienone is 4. The zero-order chi connectivity index (χ0) is 12.1. The summed E-state index contributed by atoms with van der Waals surface area (Å²) < 4.78 is 0. The molecule has 0 unspecified atom stereocenters. The first-order chi connectivity index (χ1) is 8.25. The van der Waals surface area contributed by atoms with E-state index in [9.17, 15) is 4.79 Å². The van der Waals surface area contributed by atoms with Crippen molar-refractivity contribution in [3.63, 3.8) is 0 Å². The van der Waals surface area contributed by atoms with E-state index in [1.165, 1.54) is 0 Å². The Balaban J connectivity index is 1.72. The van der Waals surface area contributed by atoms with Crippen LogP contribution >= 0.6 is 0 Å². The summed E-state index contributed by atoms with van der Waals surface area (Å²) in [6.07, 6.45) is 8.74. The second kappa shape index (κ2) is 6.12. The Bertz CT molecular complexity index is 325. The summed E-state index contributed by atoms with van der Waals surface area (Å²) in [5, 5.41) is 0. The van der Waals surface area contributed by atoms with Gasteiger partial charge in [0.2, 0.25) is 0 Å². The van der Waals surface area contributed by atoms with E-state index in [4.69, 9.17) is 0 Å². The molecule has 0 atom stereocenters. The lowest BCUT2D eigenvalue weighted by atomic mass is 9.99. The molecule has 0 amide bonds. The SMILES string of the molecule is CN1CCN(CCC(=O)C2=CC=CCC2)CC1. The van der Waals surface area contributed by atoms with Crippen LogP contribution in [0.4, 0.5) is 0 Å². The van der Waals surface area contributed by atoms with Gasteiger partial charge in [-0.15, -0.1) is 0 Å². The van der Waals surface area contributed by atoms with Crippen LogP contribution in [0.3, 0.4) is 0 Å². The largest absolute Gasteiger partial charge is 0.304 e. The average molecular weight is 234 g/mol. The monoisotopic (exact) mass is 234 g/mol. The Morgan fingerprint density at radius 3 is 2.71 bits per heavy atom. The van der Waals surface area contributed by atoms with Crippen LogP contribution in [-0.4, -0.2) is 55.4 Å². The quantitative estimate of drug-likeness (QED) is 0.736. The van der Waals surface area contributed by atoms with E-state index in [0.29, 0.717) is 12.2 Å². The number of hydrogen-bond donors (Lipinski definition) is 0. The molecule has 0 saturated carbocycles. The Hall–Kier alpha value is -0.930. The van der Waals surface area contributed by atoms with Gasteiger partial charge in [0, 0.05) is 39.1 Å². The summed E-state index contributed by atoms with van der Waals surface area (Å²) in [7, 11) is 2.15. The minimum absolute atomic E-state index is 0.341. The van der Waals surface area contributed by atoms with Crippen LogP contribution in [0.1, 0.15) is 19.3 Å². The van der Waals surface area contributed by atoms with Gasteiger partial charge in [0.25, 0.3) is 0 Å². The van der Waals surface area contributed by atoms with E-state index in [0.717, 1.165) is 51.1 Å². The van der Waals surface area contributed by atoms with Crippen LogP contribution in [0.15, 0.2) is 23.8 Å². The van der Waals surface area contributed by atoms with Gasteiger partial charge in [-0.05, 0) is 25.5 Å². The van der Waals surface area contributed by atoms with Crippen LogP contribution < -0.4 is 0 Å². The molecule has 3 nitrogen and oxygen atoms in total. The van der Waals surface area contributed by atoms with Gasteiger partial charge < -0.3 is 9.80 Å². The number of nitrogens with zero attached hydrogens (tertiary/aromatic N) is 2. The van der Waals surface area contributed by atoms with Crippen LogP contribution in [0.2, 0.25) is 0 Å². The van der Waals surface area contributed by atoms with Crippen molar-refractivity contribution in [1.29, 1.82) is 0 Å². The number of carbonyl (C=O) groups excluding carboxylic acids is 1. The zero-order valence-corrected chi connectivity index (χ0v) is 10.7. The van der Waals surface area contributed by atoms with Crippen LogP contribution in [0.25, 0.3) is 0 Å². The van der Waals surface area contributed by atoms with E-state index < -0.39 is 0 Å². The number of carbonyl (C=O) groups is 1. The summed E-state index contributed by atoms with van der Waals surface area (Å²) in [4.78, 5) is 16.7. The third kappa shape index (κ3) is 3.79. The van der Waals surface area contributed by atoms with E-state index in [1.54, 1.807) is 0 Å². The first-order valence-electron chi connectivity index (χ1n) is 6.55. The van der Waals surface area contributed by atoms with Crippen molar-refractivity contribution in [3.8, 4) is 0 Å². The lowest BCUT2D eigenvalue weighted by molar-refractivity contribution is -0.116. The number of Topliss-reactive ketones (excluding diaryl/α,β-unsaturated/α-hetero) is 1. The van der Waals surface area contributed by atoms with Gasteiger partial charge in [-0.1, -0.05) is 18.2 Å². The molecular formula is C14H22N2O. The summed E-state index contributed by atoms with van der Waals surface area (Å²) >= 11 is 0. The molecule has 2 aliphatic rings. The van der Waals surface area contributed by atoms with Crippen molar-refractivity contribution in [2.75, 3.05) is 39.8 Å². The van der Waals surface area contributed by atoms with Gasteiger partial charge in [-0.3, -0.25) is 4.79 Å². The van der Waals surface area contributed by atoms with Crippen molar-refractivity contribution in [1.82, 2.24) is 9.80 Å². The molecule has 0 N–H and O–H groups in total. The highest BCUT2D eigenvalue weighted by Crippen LogP contribution is 2.14. The van der Waals surface area contributed by atoms with Gasteiger partial charge in [-0.25, -0.2) is 0 Å². The molecule has 1 aliphatic heterocycles. The maximum atomic E-state index is 12.0. The van der Waals surface area contributed by atoms with E-state index in [-0.39, 0.29) is 0 Å². The fraction of sp³-hybridized carbons (Fsp3) is 0.643. The number of ketones is 1. The van der Waals surface area contributed by atoms with E-state index >= 15 is 0 Å². The standard InChI is InChI=1S/C14H22N2O/c1-15-9-11-16(12-10-15)8-7-14(17)13-5-3-2-4-6-13/h2-3,5H,4,6-12H2,1H3. The first-order valence-corrected chi connectivity index (χ1v) is 6.55. The van der Waals surface area contributed by atoms with Gasteiger partial charge in [-0.2, -0.15) is 0 Å². The topological polar surface area (TPSA) is 23.6 Å². The van der Waals surface area contributed by atoms with Gasteiger partial charge >= 0.3 is 0 Å². The fourth-order valence-corrected chi connectivity index (χ4v) is 2.33. The molecule has 1 aliphatic carbocycles. The highest BCUT2D eigenvalue weighted by molar-refractivity contribution is 5.95. The molecule has 0 spiro atoms. The fourth-order valence-electron chi connectivity index (χ4n) is 2.33. The van der Waals surface area contributed by atoms with Crippen LogP contribution in [0.5, 0.6) is 0 Å². The van der Waals surface area contributed by atoms with Crippen LogP contribution in [-0.2, 0) is 4.79 Å². The molecule has 17 heavy (non-hydrogen) atoms. The molecule has 0 aromatic heterocycles. The first kappa shape index (κ1) is 12.5. The molecule has 3 heteroatoms. The molecule has 2 rings (SSSR count). The molecule has 0 bridgehead atoms. The molecule has 0 radical (unpaired) electrons. The molecule has 1 saturated heterocycles. The van der Waals surface area contributed by atoms with E-state index in [2.05, 4.69) is 22.9 Å². The predicted molar refractivity (Wildman–Crippen MR) is 70.0 cm³/mol. The third-order valence-electron chi connectivity index (χ3n) is 3.62. The van der Waals surface area contributed by atoms with Gasteiger partial charge in [0.1, 0.15) is 0 Å². The maximum Gasteiger partial charge on any atom is 0.160 e. The Labute approximate surface area is 104 Å². The molecular weight excluding hydrogens is 212 g/mol. The Morgan fingerprint density at radius 2 is 2.06 bits per heavy atom. The number of likely N-dealkylation sites (N-methyl/N-ethyl adjacent to an activating group) is 1. The van der Waals surface area contributed by atoms with Gasteiger partial charge in [0.05, 0.1) is 0 Å². The zero-order valence-electron chi connectivity index (χ0n) is 10.7. The highest BCUT2D eigenvalue weighted by Gasteiger charge is 2.16. The molecule has 1 fully saturated rings. The smallest absolute Gasteiger partial charge is 0.160 e. The second-order valence-electron chi connectivity index (χ2n) is 4.98. The van der Waals surface area contributed by atoms with Crippen molar-refractivity contribution < 1.29 is 4.79 Å².